The van der Waals surface area contributed by atoms with Crippen molar-refractivity contribution in [3.05, 3.63) is 42.4 Å². The Morgan fingerprint density at radius 1 is 1.15 bits per heavy atom. The second kappa shape index (κ2) is 7.08. The predicted octanol–water partition coefficient (Wildman–Crippen LogP) is 0.385. The van der Waals surface area contributed by atoms with Gasteiger partial charge in [-0.2, -0.15) is 0 Å². The summed E-state index contributed by atoms with van der Waals surface area (Å²) < 4.78 is 41.8. The zero-order chi connectivity index (χ0) is 18.7. The number of carbonyl (C=O) groups is 2. The van der Waals surface area contributed by atoms with Gasteiger partial charge in [-0.05, 0) is 24.3 Å². The van der Waals surface area contributed by atoms with Crippen molar-refractivity contribution < 1.29 is 31.9 Å². The highest BCUT2D eigenvalue weighted by atomic mass is 32.2. The molecule has 2 amide bonds. The largest absolute Gasteiger partial charge is 0.468 e. The van der Waals surface area contributed by atoms with Crippen molar-refractivity contribution in [2.75, 3.05) is 20.4 Å². The van der Waals surface area contributed by atoms with E-state index >= 15 is 0 Å². The van der Waals surface area contributed by atoms with Gasteiger partial charge in [-0.15, -0.1) is 0 Å². The van der Waals surface area contributed by atoms with Crippen LogP contribution in [0.1, 0.15) is 11.0 Å². The molecule has 0 aliphatic carbocycles. The Hall–Kier alpha value is -3.01. The molecule has 1 aromatic heterocycles. The number of furan rings is 1. The topological polar surface area (TPSA) is 124 Å². The molecular weight excluding hydrogens is 364 g/mol. The van der Waals surface area contributed by atoms with Gasteiger partial charge in [-0.1, -0.05) is 0 Å². The lowest BCUT2D eigenvalue weighted by molar-refractivity contribution is -0.138. The van der Waals surface area contributed by atoms with Crippen molar-refractivity contribution in [2.24, 2.45) is 0 Å². The first-order chi connectivity index (χ1) is 12.4. The number of benzene rings is 1. The number of rotatable bonds is 5. The first kappa shape index (κ1) is 17.8. The van der Waals surface area contributed by atoms with E-state index in [2.05, 4.69) is 10.6 Å². The number of carbonyl (C=O) groups excluding carboxylic acids is 2. The maximum Gasteiger partial charge on any atom is 0.309 e. The molecule has 0 spiro atoms. The van der Waals surface area contributed by atoms with Gasteiger partial charge in [0.05, 0.1) is 11.2 Å². The van der Waals surface area contributed by atoms with Crippen LogP contribution in [-0.4, -0.2) is 40.6 Å². The van der Waals surface area contributed by atoms with Gasteiger partial charge in [-0.3, -0.25) is 9.59 Å². The number of fused-ring (bicyclic) bond motifs is 1. The number of likely N-dealkylation sites (N-methyl/N-ethyl adjacent to an activating group) is 1. The number of hydrogen-bond acceptors (Lipinski definition) is 7. The van der Waals surface area contributed by atoms with Gasteiger partial charge in [0.1, 0.15) is 11.0 Å². The molecule has 0 bridgehead atoms. The molecule has 2 heterocycles. The highest BCUT2D eigenvalue weighted by Gasteiger charge is 2.33. The van der Waals surface area contributed by atoms with Crippen LogP contribution in [0.3, 0.4) is 0 Å². The fourth-order valence-corrected chi connectivity index (χ4v) is 4.04. The summed E-state index contributed by atoms with van der Waals surface area (Å²) >= 11 is 0. The van der Waals surface area contributed by atoms with Crippen LogP contribution in [0, 0.1) is 0 Å². The van der Waals surface area contributed by atoms with E-state index in [0.29, 0.717) is 11.5 Å². The summed E-state index contributed by atoms with van der Waals surface area (Å²) in [6.07, 6.45) is 1.33. The number of hydrogen-bond donors (Lipinski definition) is 2. The van der Waals surface area contributed by atoms with E-state index in [1.807, 2.05) is 0 Å². The summed E-state index contributed by atoms with van der Waals surface area (Å²) in [6.45, 7) is -0.320. The quantitative estimate of drug-likeness (QED) is 0.719. The lowest BCUT2D eigenvalue weighted by Crippen LogP contribution is -2.40. The third-order valence-corrected chi connectivity index (χ3v) is 5.85. The van der Waals surface area contributed by atoms with Gasteiger partial charge in [-0.25, -0.2) is 8.42 Å². The zero-order valence-corrected chi connectivity index (χ0v) is 14.5. The minimum Gasteiger partial charge on any atom is -0.468 e. The summed E-state index contributed by atoms with van der Waals surface area (Å²) in [6, 6.07) is 7.27. The molecule has 26 heavy (non-hydrogen) atoms. The molecule has 1 aliphatic rings. The second-order valence-electron chi connectivity index (χ2n) is 5.35. The Bertz CT molecular complexity index is 922. The van der Waals surface area contributed by atoms with Crippen LogP contribution in [0.4, 0.5) is 0 Å². The Labute approximate surface area is 149 Å². The lowest BCUT2D eigenvalue weighted by atomic mass is 10.3. The van der Waals surface area contributed by atoms with Crippen LogP contribution in [0.15, 0.2) is 45.9 Å². The number of ether oxygens (including phenoxy) is 2. The van der Waals surface area contributed by atoms with Crippen LogP contribution in [0.25, 0.3) is 0 Å². The standard InChI is InChI=1S/C16H16N2O7S/c1-17-15(19)16(20)18-8-14(12-3-2-6-23-12)26(21,22)10-4-5-11-13(7-10)25-9-24-11/h2-7,14H,8-9H2,1H3,(H,17,19)(H,18,20)/t14-/m1/s1. The molecular formula is C16H16N2O7S. The molecule has 0 saturated carbocycles. The molecule has 0 radical (unpaired) electrons. The molecule has 1 aliphatic heterocycles. The molecule has 9 nitrogen and oxygen atoms in total. The molecule has 138 valence electrons. The van der Waals surface area contributed by atoms with Gasteiger partial charge < -0.3 is 24.5 Å². The number of amides is 2. The van der Waals surface area contributed by atoms with E-state index in [-0.39, 0.29) is 24.0 Å². The SMILES string of the molecule is CNC(=O)C(=O)NC[C@H](c1ccco1)S(=O)(=O)c1ccc2c(c1)OCO2. The molecule has 0 unspecified atom stereocenters. The van der Waals surface area contributed by atoms with Crippen molar-refractivity contribution in [2.45, 2.75) is 10.1 Å². The first-order valence-corrected chi connectivity index (χ1v) is 9.15. The highest BCUT2D eigenvalue weighted by molar-refractivity contribution is 7.91. The number of sulfone groups is 1. The summed E-state index contributed by atoms with van der Waals surface area (Å²) in [5, 5.41) is 3.26. The normalized spacial score (nSPS) is 13.9. The summed E-state index contributed by atoms with van der Waals surface area (Å²) in [4.78, 5) is 23.0. The van der Waals surface area contributed by atoms with Crippen LogP contribution in [0.2, 0.25) is 0 Å². The van der Waals surface area contributed by atoms with Gasteiger partial charge in [0.15, 0.2) is 21.3 Å². The summed E-state index contributed by atoms with van der Waals surface area (Å²) in [7, 11) is -2.65. The molecule has 2 aromatic rings. The molecule has 3 rings (SSSR count). The lowest BCUT2D eigenvalue weighted by Gasteiger charge is -2.16. The fraction of sp³-hybridized carbons (Fsp3) is 0.250. The predicted molar refractivity (Wildman–Crippen MR) is 88.3 cm³/mol. The minimum atomic E-state index is -3.95. The second-order valence-corrected chi connectivity index (χ2v) is 7.48. The minimum absolute atomic E-state index is 0.0163. The van der Waals surface area contributed by atoms with Crippen LogP contribution in [-0.2, 0) is 19.4 Å². The highest BCUT2D eigenvalue weighted by Crippen LogP contribution is 2.37. The van der Waals surface area contributed by atoms with Crippen molar-refractivity contribution >= 4 is 21.7 Å². The zero-order valence-electron chi connectivity index (χ0n) is 13.7. The van der Waals surface area contributed by atoms with E-state index < -0.39 is 26.9 Å². The van der Waals surface area contributed by atoms with Gasteiger partial charge >= 0.3 is 11.8 Å². The Balaban J connectivity index is 1.90. The Morgan fingerprint density at radius 2 is 1.92 bits per heavy atom. The number of nitrogens with one attached hydrogen (secondary N) is 2. The molecule has 0 saturated heterocycles. The fourth-order valence-electron chi connectivity index (χ4n) is 2.44. The van der Waals surface area contributed by atoms with Crippen LogP contribution in [0.5, 0.6) is 11.5 Å². The van der Waals surface area contributed by atoms with Crippen molar-refractivity contribution in [1.29, 1.82) is 0 Å². The monoisotopic (exact) mass is 380 g/mol. The smallest absolute Gasteiger partial charge is 0.309 e. The molecule has 0 fully saturated rings. The average molecular weight is 380 g/mol. The van der Waals surface area contributed by atoms with Gasteiger partial charge in [0, 0.05) is 19.7 Å². The molecule has 2 N–H and O–H groups in total. The van der Waals surface area contributed by atoms with E-state index in [4.69, 9.17) is 13.9 Å². The Kier molecular flexibility index (Phi) is 4.85. The third kappa shape index (κ3) is 3.36. The first-order valence-electron chi connectivity index (χ1n) is 7.60. The average Bonchev–Trinajstić information content (AvgIpc) is 3.31. The summed E-state index contributed by atoms with van der Waals surface area (Å²) in [5.74, 6) is -0.904. The Morgan fingerprint density at radius 3 is 2.62 bits per heavy atom. The van der Waals surface area contributed by atoms with E-state index in [1.165, 1.54) is 43.6 Å². The van der Waals surface area contributed by atoms with Crippen molar-refractivity contribution in [3.63, 3.8) is 0 Å². The van der Waals surface area contributed by atoms with Gasteiger partial charge in [0.2, 0.25) is 6.79 Å². The maximum atomic E-state index is 13.1. The molecule has 10 heteroatoms. The van der Waals surface area contributed by atoms with E-state index in [1.54, 1.807) is 0 Å². The van der Waals surface area contributed by atoms with Gasteiger partial charge in [0.25, 0.3) is 0 Å². The summed E-state index contributed by atoms with van der Waals surface area (Å²) in [5.41, 5.74) is 0. The van der Waals surface area contributed by atoms with Crippen LogP contribution >= 0.6 is 0 Å². The van der Waals surface area contributed by atoms with E-state index in [0.717, 1.165) is 0 Å². The molecule has 1 atom stereocenters. The van der Waals surface area contributed by atoms with E-state index in [9.17, 15) is 18.0 Å². The third-order valence-electron chi connectivity index (χ3n) is 3.79. The van der Waals surface area contributed by atoms with Crippen molar-refractivity contribution in [3.8, 4) is 11.5 Å². The van der Waals surface area contributed by atoms with Crippen LogP contribution < -0.4 is 20.1 Å². The van der Waals surface area contributed by atoms with Crippen molar-refractivity contribution in [1.82, 2.24) is 10.6 Å². The maximum absolute atomic E-state index is 13.1. The molecule has 1 aromatic carbocycles.